The van der Waals surface area contributed by atoms with Crippen LogP contribution in [0.5, 0.6) is 0 Å². The predicted molar refractivity (Wildman–Crippen MR) is 223 cm³/mol. The first-order valence-corrected chi connectivity index (χ1v) is 18.3. The smallest absolute Gasteiger partial charge is 0.160 e. The van der Waals surface area contributed by atoms with E-state index in [1.54, 1.807) is 12.4 Å². The zero-order valence-corrected chi connectivity index (χ0v) is 29.7. The van der Waals surface area contributed by atoms with E-state index in [-0.39, 0.29) is 0 Å². The lowest BCUT2D eigenvalue weighted by Crippen LogP contribution is -1.96. The van der Waals surface area contributed by atoms with Crippen molar-refractivity contribution in [1.82, 2.24) is 19.9 Å². The number of para-hydroxylation sites is 1. The van der Waals surface area contributed by atoms with E-state index in [9.17, 15) is 0 Å². The van der Waals surface area contributed by atoms with Crippen LogP contribution in [0.25, 0.3) is 100 Å². The van der Waals surface area contributed by atoms with E-state index >= 15 is 0 Å². The van der Waals surface area contributed by atoms with Crippen molar-refractivity contribution in [3.63, 3.8) is 0 Å². The molecule has 4 aromatic heterocycles. The molecule has 0 spiro atoms. The summed E-state index contributed by atoms with van der Waals surface area (Å²) in [7, 11) is 0. The van der Waals surface area contributed by atoms with Gasteiger partial charge in [0.25, 0.3) is 0 Å². The molecule has 0 fully saturated rings. The largest absolute Gasteiger partial charge is 0.456 e. The zero-order valence-electron chi connectivity index (χ0n) is 29.7. The van der Waals surface area contributed by atoms with Gasteiger partial charge >= 0.3 is 0 Å². The van der Waals surface area contributed by atoms with E-state index in [1.807, 2.05) is 60.9 Å². The van der Waals surface area contributed by atoms with Gasteiger partial charge in [0, 0.05) is 52.3 Å². The monoisotopic (exact) mass is 704 g/mol. The van der Waals surface area contributed by atoms with Crippen LogP contribution in [-0.2, 0) is 0 Å². The third-order valence-corrected chi connectivity index (χ3v) is 10.1. The van der Waals surface area contributed by atoms with E-state index < -0.39 is 0 Å². The van der Waals surface area contributed by atoms with Gasteiger partial charge in [0.1, 0.15) is 11.2 Å². The van der Waals surface area contributed by atoms with Crippen LogP contribution in [0.4, 0.5) is 0 Å². The molecule has 0 bridgehead atoms. The number of pyridine rings is 2. The van der Waals surface area contributed by atoms with Crippen molar-refractivity contribution in [2.45, 2.75) is 0 Å². The van der Waals surface area contributed by atoms with Crippen molar-refractivity contribution in [2.24, 2.45) is 0 Å². The second-order valence-corrected chi connectivity index (χ2v) is 13.6. The molecule has 4 heterocycles. The molecule has 0 aliphatic rings. The number of hydrogen-bond acceptors (Lipinski definition) is 5. The van der Waals surface area contributed by atoms with E-state index in [4.69, 9.17) is 14.4 Å². The Kier molecular flexibility index (Phi) is 8.08. The maximum Gasteiger partial charge on any atom is 0.160 e. The van der Waals surface area contributed by atoms with Crippen LogP contribution >= 0.6 is 0 Å². The second-order valence-electron chi connectivity index (χ2n) is 13.6. The number of rotatable bonds is 7. The third-order valence-electron chi connectivity index (χ3n) is 10.1. The highest BCUT2D eigenvalue weighted by Gasteiger charge is 2.16. The summed E-state index contributed by atoms with van der Waals surface area (Å²) in [5.41, 5.74) is 15.0. The van der Waals surface area contributed by atoms with Gasteiger partial charge in [-0.15, -0.1) is 0 Å². The summed E-state index contributed by atoms with van der Waals surface area (Å²) in [6.45, 7) is 0. The lowest BCUT2D eigenvalue weighted by Gasteiger charge is -2.14. The van der Waals surface area contributed by atoms with Crippen molar-refractivity contribution in [2.75, 3.05) is 0 Å². The van der Waals surface area contributed by atoms with Crippen molar-refractivity contribution in [3.05, 3.63) is 195 Å². The molecule has 10 rings (SSSR count). The molecule has 6 aromatic carbocycles. The minimum atomic E-state index is 0.659. The van der Waals surface area contributed by atoms with Gasteiger partial charge in [-0.2, -0.15) is 0 Å². The van der Waals surface area contributed by atoms with Gasteiger partial charge in [-0.3, -0.25) is 9.97 Å². The molecule has 258 valence electrons. The Labute approximate surface area is 318 Å². The molecule has 10 aromatic rings. The van der Waals surface area contributed by atoms with Crippen LogP contribution in [0.15, 0.2) is 199 Å². The fourth-order valence-electron chi connectivity index (χ4n) is 7.23. The van der Waals surface area contributed by atoms with Gasteiger partial charge in [0.05, 0.1) is 11.4 Å². The molecule has 0 saturated heterocycles. The Morgan fingerprint density at radius 2 is 0.800 bits per heavy atom. The summed E-state index contributed by atoms with van der Waals surface area (Å²) in [5.74, 6) is 0.659. The molecule has 0 unspecified atom stereocenters. The van der Waals surface area contributed by atoms with Crippen molar-refractivity contribution in [3.8, 4) is 78.4 Å². The highest BCUT2D eigenvalue weighted by atomic mass is 16.3. The molecule has 0 amide bonds. The topological polar surface area (TPSA) is 64.7 Å². The van der Waals surface area contributed by atoms with E-state index in [2.05, 4.69) is 131 Å². The Bertz CT molecular complexity index is 2840. The summed E-state index contributed by atoms with van der Waals surface area (Å²) in [6.07, 6.45) is 7.39. The number of fused-ring (bicyclic) bond motifs is 3. The Morgan fingerprint density at radius 1 is 0.309 bits per heavy atom. The van der Waals surface area contributed by atoms with Gasteiger partial charge in [0.15, 0.2) is 5.82 Å². The Balaban J connectivity index is 1.13. The van der Waals surface area contributed by atoms with Gasteiger partial charge in [0.2, 0.25) is 0 Å². The van der Waals surface area contributed by atoms with Crippen LogP contribution in [0.1, 0.15) is 0 Å². The molecule has 0 radical (unpaired) electrons. The summed E-state index contributed by atoms with van der Waals surface area (Å²) in [4.78, 5) is 19.0. The average molecular weight is 705 g/mol. The first kappa shape index (κ1) is 32.2. The highest BCUT2D eigenvalue weighted by Crippen LogP contribution is 2.37. The minimum Gasteiger partial charge on any atom is -0.456 e. The summed E-state index contributed by atoms with van der Waals surface area (Å²) >= 11 is 0. The molecule has 55 heavy (non-hydrogen) atoms. The van der Waals surface area contributed by atoms with Crippen LogP contribution in [0.3, 0.4) is 0 Å². The number of benzene rings is 6. The average Bonchev–Trinajstić information content (AvgIpc) is 3.65. The number of hydrogen-bond donors (Lipinski definition) is 0. The van der Waals surface area contributed by atoms with E-state index in [1.165, 1.54) is 0 Å². The van der Waals surface area contributed by atoms with Crippen molar-refractivity contribution in [1.29, 1.82) is 0 Å². The Morgan fingerprint density at radius 3 is 1.40 bits per heavy atom. The molecule has 0 saturated carbocycles. The SMILES string of the molecule is c1ccc(-c2nc(-c3cc(-c4ccc(-c5cccnc5)cc4)cc(-c4ccc(-c5cccnc5)cc4)c3)cc(-c3ccc4c(c3)oc3ccccc34)n2)cc1. The minimum absolute atomic E-state index is 0.659. The van der Waals surface area contributed by atoms with Crippen LogP contribution < -0.4 is 0 Å². The molecular weight excluding hydrogens is 673 g/mol. The quantitative estimate of drug-likeness (QED) is 0.165. The van der Waals surface area contributed by atoms with Crippen LogP contribution in [0.2, 0.25) is 0 Å². The lowest BCUT2D eigenvalue weighted by atomic mass is 9.93. The normalized spacial score (nSPS) is 11.3. The molecule has 0 N–H and O–H groups in total. The second kappa shape index (κ2) is 13.8. The first-order valence-electron chi connectivity index (χ1n) is 18.3. The fourth-order valence-corrected chi connectivity index (χ4v) is 7.23. The van der Waals surface area contributed by atoms with Crippen LogP contribution in [-0.4, -0.2) is 19.9 Å². The molecule has 0 aliphatic heterocycles. The standard InChI is InChI=1S/C50H32N4O/c1-2-8-37(9-3-1)50-53-46(38-22-23-45-44-12-4-5-13-48(44)55-49(45)29-38)30-47(54-50)43-27-41(35-18-14-33(15-19-35)39-10-6-24-51-31-39)26-42(28-43)36-20-16-34(17-21-36)40-11-7-25-52-32-40/h1-32H. The van der Waals surface area contributed by atoms with E-state index in [0.29, 0.717) is 5.82 Å². The van der Waals surface area contributed by atoms with Crippen molar-refractivity contribution >= 4 is 21.9 Å². The van der Waals surface area contributed by atoms with Gasteiger partial charge in [-0.1, -0.05) is 115 Å². The lowest BCUT2D eigenvalue weighted by molar-refractivity contribution is 0.669. The van der Waals surface area contributed by atoms with Crippen molar-refractivity contribution < 1.29 is 4.42 Å². The first-order chi connectivity index (χ1) is 27.2. The molecule has 0 atom stereocenters. The zero-order chi connectivity index (χ0) is 36.6. The molecule has 5 heteroatoms. The number of nitrogens with zero attached hydrogens (tertiary/aromatic N) is 4. The van der Waals surface area contributed by atoms with E-state index in [0.717, 1.165) is 94.5 Å². The maximum atomic E-state index is 6.30. The predicted octanol–water partition coefficient (Wildman–Crippen LogP) is 12.8. The van der Waals surface area contributed by atoms with Gasteiger partial charge in [-0.05, 0) is 99.1 Å². The Hall–Kier alpha value is -7.50. The fraction of sp³-hybridized carbons (Fsp3) is 0. The third kappa shape index (κ3) is 6.34. The summed E-state index contributed by atoms with van der Waals surface area (Å²) in [5, 5.41) is 2.18. The van der Waals surface area contributed by atoms with Gasteiger partial charge < -0.3 is 4.42 Å². The highest BCUT2D eigenvalue weighted by molar-refractivity contribution is 6.05. The maximum absolute atomic E-state index is 6.30. The number of aromatic nitrogens is 4. The molecule has 0 aliphatic carbocycles. The van der Waals surface area contributed by atoms with Gasteiger partial charge in [-0.25, -0.2) is 9.97 Å². The summed E-state index contributed by atoms with van der Waals surface area (Å²) in [6, 6.07) is 58.9. The summed E-state index contributed by atoms with van der Waals surface area (Å²) < 4.78 is 6.30. The number of furan rings is 1. The molecular formula is C50H32N4O. The molecule has 5 nitrogen and oxygen atoms in total. The van der Waals surface area contributed by atoms with Crippen LogP contribution in [0, 0.1) is 0 Å².